The van der Waals surface area contributed by atoms with E-state index in [0.717, 1.165) is 76.7 Å². The number of hydrogen-bond donors (Lipinski definition) is 2. The predicted octanol–water partition coefficient (Wildman–Crippen LogP) is 5.08. The van der Waals surface area contributed by atoms with Crippen molar-refractivity contribution in [2.45, 2.75) is 47.5 Å². The molecule has 0 saturated carbocycles. The lowest BCUT2D eigenvalue weighted by atomic mass is 10.2. The lowest BCUT2D eigenvalue weighted by Crippen LogP contribution is -2.40. The van der Waals surface area contributed by atoms with E-state index in [1.54, 1.807) is 0 Å². The average molecular weight is 485 g/mol. The van der Waals surface area contributed by atoms with E-state index in [2.05, 4.69) is 46.6 Å². The topological polar surface area (TPSA) is 81.7 Å². The molecular formula is C28H48N6O. The number of ether oxygens (including phenoxy) is 1. The number of rotatable bonds is 10. The lowest BCUT2D eigenvalue weighted by Gasteiger charge is -2.30. The maximum absolute atomic E-state index is 6.92. The van der Waals surface area contributed by atoms with Crippen molar-refractivity contribution < 1.29 is 4.74 Å². The van der Waals surface area contributed by atoms with Crippen LogP contribution in [-0.2, 0) is 4.74 Å². The molecule has 0 aliphatic carbocycles. The first kappa shape index (κ1) is 30.4. The van der Waals surface area contributed by atoms with Gasteiger partial charge < -0.3 is 25.7 Å². The number of likely N-dealkylation sites (N-methyl/N-ethyl adjacent to an activating group) is 1. The summed E-state index contributed by atoms with van der Waals surface area (Å²) in [6.07, 6.45) is 3.61. The van der Waals surface area contributed by atoms with E-state index < -0.39 is 0 Å². The van der Waals surface area contributed by atoms with Gasteiger partial charge in [-0.1, -0.05) is 57.5 Å². The highest BCUT2D eigenvalue weighted by Crippen LogP contribution is 2.23. The van der Waals surface area contributed by atoms with Gasteiger partial charge in [-0.25, -0.2) is 4.98 Å². The Morgan fingerprint density at radius 3 is 2.26 bits per heavy atom. The Kier molecular flexibility index (Phi) is 15.4. The third kappa shape index (κ3) is 11.6. The van der Waals surface area contributed by atoms with Gasteiger partial charge in [-0.05, 0) is 25.3 Å². The van der Waals surface area contributed by atoms with Gasteiger partial charge in [0.15, 0.2) is 0 Å². The fraction of sp³-hybridized carbons (Fsp3) is 0.571. The fourth-order valence-corrected chi connectivity index (χ4v) is 3.80. The van der Waals surface area contributed by atoms with Gasteiger partial charge in [0.2, 0.25) is 0 Å². The number of morpholine rings is 1. The molecule has 1 aromatic heterocycles. The monoisotopic (exact) mass is 484 g/mol. The molecule has 2 aromatic rings. The Morgan fingerprint density at radius 1 is 1.06 bits per heavy atom. The third-order valence-electron chi connectivity index (χ3n) is 5.62. The summed E-state index contributed by atoms with van der Waals surface area (Å²) in [6.45, 7) is 18.2. The third-order valence-corrected chi connectivity index (χ3v) is 5.62. The molecule has 1 saturated heterocycles. The van der Waals surface area contributed by atoms with Crippen molar-refractivity contribution in [1.29, 1.82) is 5.41 Å². The number of hydrogen-bond acceptors (Lipinski definition) is 7. The molecule has 0 atom stereocenters. The Hall–Kier alpha value is -2.64. The lowest BCUT2D eigenvalue weighted by molar-refractivity contribution is 0.0393. The smallest absolute Gasteiger partial charge is 0.132 e. The highest BCUT2D eigenvalue weighted by atomic mass is 16.5. The van der Waals surface area contributed by atoms with Crippen molar-refractivity contribution in [3.8, 4) is 0 Å². The van der Waals surface area contributed by atoms with Gasteiger partial charge in [-0.15, -0.1) is 0 Å². The van der Waals surface area contributed by atoms with Gasteiger partial charge in [0, 0.05) is 70.4 Å². The minimum absolute atomic E-state index is 0.595. The molecule has 1 fully saturated rings. The Bertz CT molecular complexity index is 832. The van der Waals surface area contributed by atoms with Crippen molar-refractivity contribution in [1.82, 2.24) is 9.88 Å². The van der Waals surface area contributed by atoms with Crippen LogP contribution in [0.15, 0.2) is 36.4 Å². The maximum Gasteiger partial charge on any atom is 0.132 e. The zero-order valence-corrected chi connectivity index (χ0v) is 22.9. The first-order valence-corrected chi connectivity index (χ1v) is 13.1. The number of aromatic nitrogens is 1. The summed E-state index contributed by atoms with van der Waals surface area (Å²) in [7, 11) is 2.09. The molecule has 1 aliphatic rings. The minimum Gasteiger partial charge on any atom is -0.384 e. The molecule has 1 aromatic carbocycles. The van der Waals surface area contributed by atoms with E-state index in [0.29, 0.717) is 5.82 Å². The molecule has 0 unspecified atom stereocenters. The molecule has 2 heterocycles. The van der Waals surface area contributed by atoms with Crippen LogP contribution in [0.1, 0.15) is 51.7 Å². The zero-order chi connectivity index (χ0) is 26.1. The molecule has 35 heavy (non-hydrogen) atoms. The first-order chi connectivity index (χ1) is 17.0. The number of pyridine rings is 1. The SMILES string of the molecule is CC.CCCN(CCC)c1cc(N)nc(N(C)CCN2CCOCC2)c1.Cc1cccc(C=N)c1. The van der Waals surface area contributed by atoms with E-state index in [1.165, 1.54) is 17.5 Å². The number of nitrogens with one attached hydrogen (secondary N) is 1. The van der Waals surface area contributed by atoms with Crippen LogP contribution < -0.4 is 15.5 Å². The van der Waals surface area contributed by atoms with Crippen LogP contribution in [0, 0.1) is 12.3 Å². The maximum atomic E-state index is 6.92. The first-order valence-electron chi connectivity index (χ1n) is 13.1. The average Bonchev–Trinajstić information content (AvgIpc) is 2.89. The summed E-state index contributed by atoms with van der Waals surface area (Å²) in [6, 6.07) is 12.0. The molecule has 7 nitrogen and oxygen atoms in total. The molecule has 1 aliphatic heterocycles. The summed E-state index contributed by atoms with van der Waals surface area (Å²) in [5, 5.41) is 6.92. The zero-order valence-electron chi connectivity index (χ0n) is 22.9. The Morgan fingerprint density at radius 2 is 1.71 bits per heavy atom. The number of nitrogens with two attached hydrogens (primary N) is 1. The molecule has 196 valence electrons. The van der Waals surface area contributed by atoms with Crippen molar-refractivity contribution in [2.75, 3.05) is 75.1 Å². The number of anilines is 3. The van der Waals surface area contributed by atoms with Gasteiger partial charge in [0.25, 0.3) is 0 Å². The molecular weight excluding hydrogens is 436 g/mol. The van der Waals surface area contributed by atoms with Crippen LogP contribution >= 0.6 is 0 Å². The molecule has 3 N–H and O–H groups in total. The number of nitrogen functional groups attached to an aromatic ring is 1. The molecule has 0 spiro atoms. The fourth-order valence-electron chi connectivity index (χ4n) is 3.80. The Labute approximate surface area is 213 Å². The predicted molar refractivity (Wildman–Crippen MR) is 152 cm³/mol. The number of aryl methyl sites for hydroxylation is 1. The summed E-state index contributed by atoms with van der Waals surface area (Å²) in [4.78, 5) is 11.6. The standard InChI is InChI=1S/C18H33N5O.C8H9N.C2H6/c1-4-6-23(7-5-2)16-14-17(19)20-18(15-16)21(3)8-9-22-10-12-24-13-11-22;1-7-3-2-4-8(5-7)6-9;1-2/h14-15H,4-13H2,1-3H3,(H2,19,20);2-6,9H,1H3;1-2H3. The van der Waals surface area contributed by atoms with E-state index in [-0.39, 0.29) is 0 Å². The van der Waals surface area contributed by atoms with Crippen molar-refractivity contribution in [2.24, 2.45) is 0 Å². The molecule has 7 heteroatoms. The van der Waals surface area contributed by atoms with Crippen LogP contribution in [0.2, 0.25) is 0 Å². The minimum atomic E-state index is 0.595. The Balaban J connectivity index is 0.000000464. The summed E-state index contributed by atoms with van der Waals surface area (Å²) < 4.78 is 5.41. The van der Waals surface area contributed by atoms with Crippen LogP contribution in [0.3, 0.4) is 0 Å². The normalized spacial score (nSPS) is 13.1. The van der Waals surface area contributed by atoms with E-state index in [9.17, 15) is 0 Å². The quantitative estimate of drug-likeness (QED) is 0.458. The molecule has 0 amide bonds. The van der Waals surface area contributed by atoms with Gasteiger partial charge in [-0.3, -0.25) is 4.90 Å². The largest absolute Gasteiger partial charge is 0.384 e. The number of benzene rings is 1. The second kappa shape index (κ2) is 17.7. The second-order valence-electron chi connectivity index (χ2n) is 8.53. The summed E-state index contributed by atoms with van der Waals surface area (Å²) in [5.74, 6) is 1.55. The molecule has 3 rings (SSSR count). The summed E-state index contributed by atoms with van der Waals surface area (Å²) >= 11 is 0. The van der Waals surface area contributed by atoms with E-state index in [4.69, 9.17) is 15.9 Å². The van der Waals surface area contributed by atoms with Crippen LogP contribution in [0.5, 0.6) is 0 Å². The van der Waals surface area contributed by atoms with Gasteiger partial charge in [-0.2, -0.15) is 0 Å². The highest BCUT2D eigenvalue weighted by molar-refractivity contribution is 5.76. The van der Waals surface area contributed by atoms with Crippen LogP contribution in [-0.4, -0.2) is 75.6 Å². The molecule has 0 bridgehead atoms. The number of nitrogens with zero attached hydrogens (tertiary/aromatic N) is 4. The van der Waals surface area contributed by atoms with Crippen molar-refractivity contribution in [3.05, 3.63) is 47.5 Å². The van der Waals surface area contributed by atoms with Gasteiger partial charge >= 0.3 is 0 Å². The van der Waals surface area contributed by atoms with Gasteiger partial charge in [0.05, 0.1) is 13.2 Å². The second-order valence-corrected chi connectivity index (χ2v) is 8.53. The van der Waals surface area contributed by atoms with Crippen molar-refractivity contribution in [3.63, 3.8) is 0 Å². The molecule has 0 radical (unpaired) electrons. The van der Waals surface area contributed by atoms with Crippen LogP contribution in [0.25, 0.3) is 0 Å². The summed E-state index contributed by atoms with van der Waals surface area (Å²) in [5.41, 5.74) is 9.43. The van der Waals surface area contributed by atoms with Gasteiger partial charge in [0.1, 0.15) is 11.6 Å². The van der Waals surface area contributed by atoms with E-state index >= 15 is 0 Å². The van der Waals surface area contributed by atoms with E-state index in [1.807, 2.05) is 51.1 Å². The van der Waals surface area contributed by atoms with Crippen molar-refractivity contribution >= 4 is 23.5 Å². The van der Waals surface area contributed by atoms with Crippen LogP contribution in [0.4, 0.5) is 17.3 Å². The highest BCUT2D eigenvalue weighted by Gasteiger charge is 2.13.